The highest BCUT2D eigenvalue weighted by molar-refractivity contribution is 8.01. The van der Waals surface area contributed by atoms with Crippen molar-refractivity contribution in [2.24, 2.45) is 0 Å². The average Bonchev–Trinajstić information content (AvgIpc) is 2.82. The van der Waals surface area contributed by atoms with Crippen LogP contribution in [0.25, 0.3) is 0 Å². The maximum atomic E-state index is 11.9. The van der Waals surface area contributed by atoms with Crippen molar-refractivity contribution in [2.75, 3.05) is 13.1 Å². The maximum Gasteiger partial charge on any atom is 0.251 e. The first kappa shape index (κ1) is 11.7. The lowest BCUT2D eigenvalue weighted by atomic mass is 10.1. The minimum Gasteiger partial charge on any atom is -0.341 e. The highest BCUT2D eigenvalue weighted by atomic mass is 35.5. The third kappa shape index (κ3) is 2.89. The van der Waals surface area contributed by atoms with E-state index in [-0.39, 0.29) is 5.91 Å². The number of hydrogen-bond donors (Lipinski definition) is 1. The summed E-state index contributed by atoms with van der Waals surface area (Å²) in [6.45, 7) is 1.64. The number of amides is 1. The normalized spacial score (nSPS) is 18.4. The molecule has 2 rings (SSSR count). The van der Waals surface area contributed by atoms with Crippen molar-refractivity contribution in [3.8, 4) is 0 Å². The number of piperidine rings is 1. The zero-order chi connectivity index (χ0) is 11.4. The van der Waals surface area contributed by atoms with Gasteiger partial charge in [-0.15, -0.1) is 0 Å². The van der Waals surface area contributed by atoms with E-state index in [0.717, 1.165) is 25.9 Å². The van der Waals surface area contributed by atoms with E-state index >= 15 is 0 Å². The van der Waals surface area contributed by atoms with Gasteiger partial charge in [-0.05, 0) is 19.3 Å². The molecule has 1 aliphatic rings. The topological polar surface area (TPSA) is 61.9 Å². The average molecular weight is 261 g/mol. The number of aromatic amines is 1. The molecule has 0 radical (unpaired) electrons. The van der Waals surface area contributed by atoms with Gasteiger partial charge < -0.3 is 4.90 Å². The minimum atomic E-state index is -0.619. The molecule has 0 spiro atoms. The van der Waals surface area contributed by atoms with Gasteiger partial charge in [0, 0.05) is 13.1 Å². The number of halogens is 1. The second-order valence-electron chi connectivity index (χ2n) is 3.61. The number of nitrogens with zero attached hydrogens (tertiary/aromatic N) is 3. The van der Waals surface area contributed by atoms with E-state index in [1.165, 1.54) is 24.5 Å². The molecule has 0 aromatic carbocycles. The van der Waals surface area contributed by atoms with E-state index in [9.17, 15) is 4.79 Å². The minimum absolute atomic E-state index is 0.0252. The molecule has 1 unspecified atom stereocenters. The highest BCUT2D eigenvalue weighted by Gasteiger charge is 2.25. The molecule has 1 atom stereocenters. The Morgan fingerprint density at radius 2 is 2.25 bits per heavy atom. The van der Waals surface area contributed by atoms with Gasteiger partial charge in [-0.25, -0.2) is 4.98 Å². The van der Waals surface area contributed by atoms with Crippen LogP contribution in [-0.2, 0) is 4.79 Å². The first-order valence-corrected chi connectivity index (χ1v) is 6.54. The standard InChI is InChI=1S/C9H13ClN4OS/c10-7(16-9-11-6-12-13-9)8(15)14-4-2-1-3-5-14/h6-7H,1-5H2,(H,11,12,13). The molecule has 0 aliphatic carbocycles. The third-order valence-corrected chi connectivity index (χ3v) is 3.75. The van der Waals surface area contributed by atoms with Crippen LogP contribution in [0.1, 0.15) is 19.3 Å². The summed E-state index contributed by atoms with van der Waals surface area (Å²) in [5.41, 5.74) is 0. The number of hydrogen-bond acceptors (Lipinski definition) is 4. The van der Waals surface area contributed by atoms with Crippen LogP contribution >= 0.6 is 23.4 Å². The molecular formula is C9H13ClN4OS. The van der Waals surface area contributed by atoms with Crippen molar-refractivity contribution in [3.05, 3.63) is 6.33 Å². The van der Waals surface area contributed by atoms with Crippen molar-refractivity contribution >= 4 is 29.3 Å². The molecule has 1 saturated heterocycles. The SMILES string of the molecule is O=C(C(Cl)Sc1ncn[nH]1)N1CCCCC1. The van der Waals surface area contributed by atoms with Crippen molar-refractivity contribution < 1.29 is 4.79 Å². The van der Waals surface area contributed by atoms with Gasteiger partial charge in [0.1, 0.15) is 6.33 Å². The summed E-state index contributed by atoms with van der Waals surface area (Å²) in [5, 5.41) is 6.95. The van der Waals surface area contributed by atoms with E-state index in [2.05, 4.69) is 15.2 Å². The molecule has 1 aromatic heterocycles. The number of thioether (sulfide) groups is 1. The number of nitrogens with one attached hydrogen (secondary N) is 1. The molecule has 7 heteroatoms. The predicted molar refractivity (Wildman–Crippen MR) is 62.3 cm³/mol. The molecule has 1 amide bonds. The summed E-state index contributed by atoms with van der Waals surface area (Å²) in [4.78, 5) is 17.7. The van der Waals surface area contributed by atoms with Crippen LogP contribution < -0.4 is 0 Å². The van der Waals surface area contributed by atoms with E-state index < -0.39 is 4.71 Å². The maximum absolute atomic E-state index is 11.9. The van der Waals surface area contributed by atoms with Crippen molar-refractivity contribution in [1.29, 1.82) is 0 Å². The second kappa shape index (κ2) is 5.54. The molecule has 1 aliphatic heterocycles. The van der Waals surface area contributed by atoms with Crippen LogP contribution in [0.4, 0.5) is 0 Å². The number of H-pyrrole nitrogens is 1. The quantitative estimate of drug-likeness (QED) is 0.661. The van der Waals surface area contributed by atoms with Gasteiger partial charge in [-0.3, -0.25) is 9.89 Å². The van der Waals surface area contributed by atoms with Gasteiger partial charge in [0.05, 0.1) is 0 Å². The second-order valence-corrected chi connectivity index (χ2v) is 5.40. The summed E-state index contributed by atoms with van der Waals surface area (Å²) in [7, 11) is 0. The summed E-state index contributed by atoms with van der Waals surface area (Å²) in [6.07, 6.45) is 4.74. The lowest BCUT2D eigenvalue weighted by molar-refractivity contribution is -0.130. The molecule has 88 valence electrons. The Labute approximate surface area is 103 Å². The largest absolute Gasteiger partial charge is 0.341 e. The first-order valence-electron chi connectivity index (χ1n) is 5.22. The smallest absolute Gasteiger partial charge is 0.251 e. The van der Waals surface area contributed by atoms with Gasteiger partial charge in [-0.1, -0.05) is 23.4 Å². The Kier molecular flexibility index (Phi) is 4.06. The summed E-state index contributed by atoms with van der Waals surface area (Å²) >= 11 is 7.24. The molecular weight excluding hydrogens is 248 g/mol. The first-order chi connectivity index (χ1) is 7.77. The highest BCUT2D eigenvalue weighted by Crippen LogP contribution is 2.24. The van der Waals surface area contributed by atoms with Gasteiger partial charge in [0.2, 0.25) is 0 Å². The molecule has 2 heterocycles. The fraction of sp³-hybridized carbons (Fsp3) is 0.667. The fourth-order valence-electron chi connectivity index (χ4n) is 1.66. The number of aromatic nitrogens is 3. The van der Waals surface area contributed by atoms with Crippen LogP contribution in [-0.4, -0.2) is 43.8 Å². The fourth-order valence-corrected chi connectivity index (χ4v) is 2.71. The number of rotatable bonds is 3. The molecule has 5 nitrogen and oxygen atoms in total. The van der Waals surface area contributed by atoms with Crippen molar-refractivity contribution in [1.82, 2.24) is 20.1 Å². The van der Waals surface area contributed by atoms with E-state index in [1.807, 2.05) is 4.90 Å². The van der Waals surface area contributed by atoms with Gasteiger partial charge in [0.25, 0.3) is 5.91 Å². The Hall–Kier alpha value is -0.750. The lowest BCUT2D eigenvalue weighted by Crippen LogP contribution is -2.39. The third-order valence-electron chi connectivity index (χ3n) is 2.47. The summed E-state index contributed by atoms with van der Waals surface area (Å²) < 4.78 is -0.619. The van der Waals surface area contributed by atoms with Gasteiger partial charge in [0.15, 0.2) is 9.87 Å². The molecule has 1 aromatic rings. The monoisotopic (exact) mass is 260 g/mol. The van der Waals surface area contributed by atoms with Crippen LogP contribution in [0.2, 0.25) is 0 Å². The zero-order valence-corrected chi connectivity index (χ0v) is 10.3. The van der Waals surface area contributed by atoms with E-state index in [1.54, 1.807) is 0 Å². The number of carbonyl (C=O) groups excluding carboxylic acids is 1. The Balaban J connectivity index is 1.88. The number of likely N-dealkylation sites (tertiary alicyclic amines) is 1. The summed E-state index contributed by atoms with van der Waals surface area (Å²) in [5.74, 6) is -0.0252. The van der Waals surface area contributed by atoms with Gasteiger partial charge >= 0.3 is 0 Å². The number of alkyl halides is 1. The molecule has 0 saturated carbocycles. The lowest BCUT2D eigenvalue weighted by Gasteiger charge is -2.27. The van der Waals surface area contributed by atoms with Gasteiger partial charge in [-0.2, -0.15) is 5.10 Å². The van der Waals surface area contributed by atoms with Crippen molar-refractivity contribution in [2.45, 2.75) is 29.1 Å². The Morgan fingerprint density at radius 3 is 2.88 bits per heavy atom. The van der Waals surface area contributed by atoms with E-state index in [4.69, 9.17) is 11.6 Å². The van der Waals surface area contributed by atoms with Crippen LogP contribution in [0.5, 0.6) is 0 Å². The molecule has 0 bridgehead atoms. The van der Waals surface area contributed by atoms with Crippen LogP contribution in [0.15, 0.2) is 11.5 Å². The van der Waals surface area contributed by atoms with Crippen LogP contribution in [0, 0.1) is 0 Å². The Morgan fingerprint density at radius 1 is 1.50 bits per heavy atom. The molecule has 16 heavy (non-hydrogen) atoms. The van der Waals surface area contributed by atoms with Crippen molar-refractivity contribution in [3.63, 3.8) is 0 Å². The predicted octanol–water partition coefficient (Wildman–Crippen LogP) is 1.47. The van der Waals surface area contributed by atoms with Crippen LogP contribution in [0.3, 0.4) is 0 Å². The Bertz CT molecular complexity index is 339. The molecule has 1 fully saturated rings. The summed E-state index contributed by atoms with van der Waals surface area (Å²) in [6, 6.07) is 0. The molecule has 1 N–H and O–H groups in total. The number of carbonyl (C=O) groups is 1. The van der Waals surface area contributed by atoms with E-state index in [0.29, 0.717) is 5.16 Å². The zero-order valence-electron chi connectivity index (χ0n) is 8.73.